The molecule has 1 heterocycles. The topological polar surface area (TPSA) is 115 Å². The third kappa shape index (κ3) is 7.37. The number of rotatable bonds is 11. The number of ether oxygens (including phenoxy) is 2. The van der Waals surface area contributed by atoms with Gasteiger partial charge in [0.15, 0.2) is 0 Å². The van der Waals surface area contributed by atoms with Gasteiger partial charge in [0.1, 0.15) is 0 Å². The summed E-state index contributed by atoms with van der Waals surface area (Å²) in [6.45, 7) is 0.535. The summed E-state index contributed by atoms with van der Waals surface area (Å²) in [5.74, 6) is 0.227. The number of unbranched alkanes of at least 4 members (excludes halogenated alkanes) is 1. The number of carbonyl (C=O) groups excluding carboxylic acids is 2. The lowest BCUT2D eigenvalue weighted by molar-refractivity contribution is -0.146. The van der Waals surface area contributed by atoms with Crippen LogP contribution in [0.5, 0.6) is 0 Å². The molecule has 1 aromatic carbocycles. The summed E-state index contributed by atoms with van der Waals surface area (Å²) < 4.78 is 15.2. The molecule has 2 rings (SSSR count). The summed E-state index contributed by atoms with van der Waals surface area (Å²) in [4.78, 5) is 27.1. The molecule has 0 amide bonds. The fourth-order valence-electron chi connectivity index (χ4n) is 2.21. The van der Waals surface area contributed by atoms with E-state index in [1.807, 2.05) is 0 Å². The molecule has 0 bridgehead atoms. The smallest absolute Gasteiger partial charge is 0.306 e. The molecule has 1 aromatic heterocycles. The molecule has 9 heteroatoms. The van der Waals surface area contributed by atoms with E-state index in [1.165, 1.54) is 0 Å². The van der Waals surface area contributed by atoms with Gasteiger partial charge in [-0.3, -0.25) is 9.59 Å². The number of esters is 2. The summed E-state index contributed by atoms with van der Waals surface area (Å²) in [5, 5.41) is 12.8. The first-order valence-corrected chi connectivity index (χ1v) is 9.36. The Hall–Kier alpha value is -2.92. The molecule has 0 N–H and O–H groups in total. The fourth-order valence-corrected chi connectivity index (χ4v) is 2.36. The molecule has 148 valence electrons. The van der Waals surface area contributed by atoms with Crippen LogP contribution in [0.2, 0.25) is 0 Å². The normalized spacial score (nSPS) is 10.3. The van der Waals surface area contributed by atoms with Gasteiger partial charge in [-0.2, -0.15) is 10.2 Å². The lowest BCUT2D eigenvalue weighted by Gasteiger charge is -2.05. The van der Waals surface area contributed by atoms with Crippen LogP contribution >= 0.6 is 11.6 Å². The average molecular weight is 406 g/mol. The van der Waals surface area contributed by atoms with Gasteiger partial charge in [-0.05, 0) is 25.0 Å². The third-order valence-electron chi connectivity index (χ3n) is 3.62. The van der Waals surface area contributed by atoms with E-state index in [-0.39, 0.29) is 50.3 Å². The van der Waals surface area contributed by atoms with E-state index in [0.29, 0.717) is 35.7 Å². The Labute approximate surface area is 167 Å². The maximum atomic E-state index is 11.8. The predicted molar refractivity (Wildman–Crippen MR) is 99.3 cm³/mol. The molecule has 0 fully saturated rings. The summed E-state index contributed by atoms with van der Waals surface area (Å²) >= 11 is 5.43. The SMILES string of the molecule is N#Cc1cccc(-c2noc(CCC(=O)OCCCCOC(=O)CCCl)n2)c1. The van der Waals surface area contributed by atoms with Gasteiger partial charge in [0, 0.05) is 17.9 Å². The molecular weight excluding hydrogens is 386 g/mol. The highest BCUT2D eigenvalue weighted by Crippen LogP contribution is 2.17. The monoisotopic (exact) mass is 405 g/mol. The molecule has 2 aromatic rings. The van der Waals surface area contributed by atoms with E-state index in [9.17, 15) is 9.59 Å². The first-order valence-electron chi connectivity index (χ1n) is 8.82. The molecule has 0 spiro atoms. The van der Waals surface area contributed by atoms with Crippen molar-refractivity contribution < 1.29 is 23.6 Å². The predicted octanol–water partition coefficient (Wildman–Crippen LogP) is 3.04. The second-order valence-corrected chi connectivity index (χ2v) is 6.17. The molecule has 28 heavy (non-hydrogen) atoms. The summed E-state index contributed by atoms with van der Waals surface area (Å²) in [7, 11) is 0. The number of aryl methyl sites for hydroxylation is 1. The van der Waals surface area contributed by atoms with Crippen LogP contribution in [0.15, 0.2) is 28.8 Å². The van der Waals surface area contributed by atoms with Crippen LogP contribution in [0, 0.1) is 11.3 Å². The first-order chi connectivity index (χ1) is 13.6. The Morgan fingerprint density at radius 2 is 1.86 bits per heavy atom. The van der Waals surface area contributed by atoms with Crippen molar-refractivity contribution in [3.8, 4) is 17.5 Å². The minimum Gasteiger partial charge on any atom is -0.466 e. The molecule has 0 aliphatic heterocycles. The highest BCUT2D eigenvalue weighted by atomic mass is 35.5. The van der Waals surface area contributed by atoms with Crippen molar-refractivity contribution in [2.24, 2.45) is 0 Å². The van der Waals surface area contributed by atoms with E-state index in [2.05, 4.69) is 16.2 Å². The fraction of sp³-hybridized carbons (Fsp3) is 0.421. The maximum absolute atomic E-state index is 11.8. The summed E-state index contributed by atoms with van der Waals surface area (Å²) in [6, 6.07) is 8.91. The third-order valence-corrected chi connectivity index (χ3v) is 3.81. The van der Waals surface area contributed by atoms with Crippen LogP contribution in [-0.2, 0) is 25.5 Å². The lowest BCUT2D eigenvalue weighted by atomic mass is 10.1. The van der Waals surface area contributed by atoms with E-state index in [1.54, 1.807) is 24.3 Å². The van der Waals surface area contributed by atoms with Crippen molar-refractivity contribution in [3.63, 3.8) is 0 Å². The number of alkyl halides is 1. The van der Waals surface area contributed by atoms with Crippen LogP contribution < -0.4 is 0 Å². The van der Waals surface area contributed by atoms with E-state index in [0.717, 1.165) is 0 Å². The zero-order chi connectivity index (χ0) is 20.2. The van der Waals surface area contributed by atoms with Crippen LogP contribution in [0.3, 0.4) is 0 Å². The molecular formula is C19H20ClN3O5. The van der Waals surface area contributed by atoms with Gasteiger partial charge < -0.3 is 14.0 Å². The number of carbonyl (C=O) groups is 2. The summed E-state index contributed by atoms with van der Waals surface area (Å²) in [6.07, 6.45) is 1.78. The highest BCUT2D eigenvalue weighted by Gasteiger charge is 2.12. The van der Waals surface area contributed by atoms with Gasteiger partial charge in [0.25, 0.3) is 0 Å². The van der Waals surface area contributed by atoms with Crippen molar-refractivity contribution in [2.75, 3.05) is 19.1 Å². The van der Waals surface area contributed by atoms with Gasteiger partial charge in [-0.15, -0.1) is 11.6 Å². The van der Waals surface area contributed by atoms with Crippen molar-refractivity contribution in [1.82, 2.24) is 10.1 Å². The van der Waals surface area contributed by atoms with E-state index >= 15 is 0 Å². The zero-order valence-corrected chi connectivity index (χ0v) is 16.0. The quantitative estimate of drug-likeness (QED) is 0.318. The van der Waals surface area contributed by atoms with Gasteiger partial charge in [0.05, 0.1) is 37.7 Å². The number of nitriles is 1. The number of halogens is 1. The van der Waals surface area contributed by atoms with Crippen molar-refractivity contribution in [2.45, 2.75) is 32.1 Å². The van der Waals surface area contributed by atoms with Gasteiger partial charge in [-0.1, -0.05) is 17.3 Å². The Kier molecular flexibility index (Phi) is 8.95. The highest BCUT2D eigenvalue weighted by molar-refractivity contribution is 6.18. The maximum Gasteiger partial charge on any atom is 0.306 e. The standard InChI is InChI=1S/C19H20ClN3O5/c20-9-8-18(25)27-11-2-1-10-26-17(24)7-6-16-22-19(23-28-16)15-5-3-4-14(12-15)13-21/h3-5,12H,1-2,6-11H2. The summed E-state index contributed by atoms with van der Waals surface area (Å²) in [5.41, 5.74) is 1.17. The number of aromatic nitrogens is 2. The van der Waals surface area contributed by atoms with Crippen LogP contribution in [0.4, 0.5) is 0 Å². The molecule has 0 radical (unpaired) electrons. The molecule has 0 saturated heterocycles. The van der Waals surface area contributed by atoms with E-state index in [4.69, 9.17) is 30.9 Å². The second-order valence-electron chi connectivity index (χ2n) is 5.79. The minimum absolute atomic E-state index is 0.116. The number of hydrogen-bond acceptors (Lipinski definition) is 8. The first kappa shape index (κ1) is 21.4. The number of benzene rings is 1. The Morgan fingerprint density at radius 3 is 2.54 bits per heavy atom. The molecule has 0 atom stereocenters. The lowest BCUT2D eigenvalue weighted by Crippen LogP contribution is -2.09. The number of nitrogens with zero attached hydrogens (tertiary/aromatic N) is 3. The van der Waals surface area contributed by atoms with Gasteiger partial charge in [-0.25, -0.2) is 0 Å². The molecule has 0 unspecified atom stereocenters. The molecule has 0 aliphatic rings. The second kappa shape index (κ2) is 11.7. The Balaban J connectivity index is 1.65. The van der Waals surface area contributed by atoms with Crippen LogP contribution in [-0.4, -0.2) is 41.2 Å². The largest absolute Gasteiger partial charge is 0.466 e. The minimum atomic E-state index is -0.370. The average Bonchev–Trinajstić information content (AvgIpc) is 3.18. The van der Waals surface area contributed by atoms with Crippen molar-refractivity contribution in [3.05, 3.63) is 35.7 Å². The number of hydrogen-bond donors (Lipinski definition) is 0. The van der Waals surface area contributed by atoms with Crippen LogP contribution in [0.1, 0.15) is 37.1 Å². The van der Waals surface area contributed by atoms with Crippen molar-refractivity contribution >= 4 is 23.5 Å². The Bertz CT molecular complexity index is 831. The molecule has 0 saturated carbocycles. The molecule has 8 nitrogen and oxygen atoms in total. The van der Waals surface area contributed by atoms with Gasteiger partial charge in [0.2, 0.25) is 11.7 Å². The zero-order valence-electron chi connectivity index (χ0n) is 15.2. The molecule has 0 aliphatic carbocycles. The van der Waals surface area contributed by atoms with E-state index < -0.39 is 0 Å². The van der Waals surface area contributed by atoms with Crippen molar-refractivity contribution in [1.29, 1.82) is 5.26 Å². The van der Waals surface area contributed by atoms with Crippen LogP contribution in [0.25, 0.3) is 11.4 Å². The Morgan fingerprint density at radius 1 is 1.14 bits per heavy atom. The van der Waals surface area contributed by atoms with Gasteiger partial charge >= 0.3 is 11.9 Å².